The van der Waals surface area contributed by atoms with Crippen LogP contribution in [0.1, 0.15) is 25.7 Å². The monoisotopic (exact) mass is 376 g/mol. The van der Waals surface area contributed by atoms with Crippen LogP contribution in [0.15, 0.2) is 0 Å². The van der Waals surface area contributed by atoms with Crippen LogP contribution in [-0.4, -0.2) is 89.7 Å². The van der Waals surface area contributed by atoms with Gasteiger partial charge < -0.3 is 35.4 Å². The molecule has 2 saturated heterocycles. The minimum Gasteiger partial charge on any atom is -0.462 e. The van der Waals surface area contributed by atoms with Gasteiger partial charge in [0.2, 0.25) is 5.78 Å². The molecule has 0 aromatic heterocycles. The van der Waals surface area contributed by atoms with Crippen molar-refractivity contribution >= 4 is 17.7 Å². The molecule has 10 heteroatoms. The molecule has 2 aliphatic heterocycles. The third-order valence-corrected chi connectivity index (χ3v) is 4.32. The van der Waals surface area contributed by atoms with Crippen molar-refractivity contribution < 1.29 is 42.0 Å². The van der Waals surface area contributed by atoms with E-state index in [0.29, 0.717) is 38.8 Å². The Morgan fingerprint density at radius 2 is 1.54 bits per heavy atom. The van der Waals surface area contributed by atoms with Crippen LogP contribution in [0.3, 0.4) is 0 Å². The summed E-state index contributed by atoms with van der Waals surface area (Å²) in [6.45, 7) is -0.636. The molecule has 0 aliphatic carbocycles. The van der Waals surface area contributed by atoms with Crippen molar-refractivity contribution in [3.8, 4) is 0 Å². The SMILES string of the molecule is [2H]N1CCC[C@H]1C(=O)OCC(=O)[C@@H](O)[C@H](O)[C@H](O)COC(=O)[C@@H]1CCCN1[2H]. The normalized spacial score (nSPS) is 28.7. The van der Waals surface area contributed by atoms with E-state index in [-0.39, 0.29) is 0 Å². The molecule has 2 heterocycles. The highest BCUT2D eigenvalue weighted by molar-refractivity contribution is 5.87. The summed E-state index contributed by atoms with van der Waals surface area (Å²) >= 11 is 0. The Balaban J connectivity index is 1.73. The van der Waals surface area contributed by atoms with Gasteiger partial charge in [0.25, 0.3) is 0 Å². The molecule has 0 unspecified atom stereocenters. The molecule has 0 saturated carbocycles. The van der Waals surface area contributed by atoms with Gasteiger partial charge in [-0.3, -0.25) is 14.4 Å². The van der Waals surface area contributed by atoms with E-state index in [1.807, 2.05) is 0 Å². The summed E-state index contributed by atoms with van der Waals surface area (Å²) in [5.74, 6) is -2.53. The third-order valence-electron chi connectivity index (χ3n) is 4.32. The second kappa shape index (κ2) is 9.93. The number of carbonyl (C=O) groups is 3. The zero-order valence-electron chi connectivity index (χ0n) is 16.3. The van der Waals surface area contributed by atoms with Gasteiger partial charge in [-0.05, 0) is 38.8 Å². The number of aliphatic hydroxyl groups is 3. The summed E-state index contributed by atoms with van der Waals surface area (Å²) in [6.07, 6.45) is -3.53. The van der Waals surface area contributed by atoms with E-state index in [9.17, 15) is 29.7 Å². The van der Waals surface area contributed by atoms with Crippen molar-refractivity contribution in [3.05, 3.63) is 0 Å². The second-order valence-corrected chi connectivity index (χ2v) is 6.34. The average Bonchev–Trinajstić information content (AvgIpc) is 3.30. The van der Waals surface area contributed by atoms with Gasteiger partial charge in [0.1, 0.15) is 39.8 Å². The number of esters is 2. The number of rotatable bonds is 9. The van der Waals surface area contributed by atoms with Crippen molar-refractivity contribution in [2.24, 2.45) is 0 Å². The summed E-state index contributed by atoms with van der Waals surface area (Å²) in [5.41, 5.74) is 0. The molecule has 0 amide bonds. The molecule has 2 aliphatic rings. The zero-order chi connectivity index (χ0) is 20.8. The Labute approximate surface area is 153 Å². The number of hydrogen-bond acceptors (Lipinski definition) is 10. The number of nitrogens with one attached hydrogen (secondary N) is 2. The minimum absolute atomic E-state index is 0.415. The number of ether oxygens (including phenoxy) is 2. The van der Waals surface area contributed by atoms with Crippen LogP contribution in [0.4, 0.5) is 0 Å². The minimum atomic E-state index is -2.05. The van der Waals surface area contributed by atoms with Crippen LogP contribution < -0.4 is 10.6 Å². The van der Waals surface area contributed by atoms with E-state index in [1.165, 1.54) is 0 Å². The van der Waals surface area contributed by atoms with Crippen LogP contribution in [0.5, 0.6) is 0 Å². The van der Waals surface area contributed by atoms with Gasteiger partial charge in [-0.25, -0.2) is 0 Å². The van der Waals surface area contributed by atoms with Crippen LogP contribution in [0.2, 0.25) is 2.82 Å². The van der Waals surface area contributed by atoms with E-state index >= 15 is 0 Å². The number of aliphatic hydroxyl groups excluding tert-OH is 3. The standard InChI is InChI=1S/C16H26N2O8/c19-11(7-25-15(23)9-3-1-5-17-9)13(21)14(22)12(20)8-26-16(24)10-4-2-6-18-10/h9-11,13-14,17-19,21-22H,1-8H2/t9-,10-,11+,13+,14+/m0/s1/i/hD2. The molecular weight excluding hydrogens is 348 g/mol. The van der Waals surface area contributed by atoms with Crippen LogP contribution in [0.25, 0.3) is 0 Å². The van der Waals surface area contributed by atoms with Crippen molar-refractivity contribution in [1.29, 1.82) is 0 Å². The van der Waals surface area contributed by atoms with E-state index in [0.717, 1.165) is 10.6 Å². The van der Waals surface area contributed by atoms with Crippen molar-refractivity contribution in [2.45, 2.75) is 56.1 Å². The van der Waals surface area contributed by atoms with Crippen LogP contribution in [-0.2, 0) is 23.9 Å². The summed E-state index contributed by atoms with van der Waals surface area (Å²) in [6, 6.07) is -1.52. The molecule has 2 fully saturated rings. The molecule has 0 aromatic carbocycles. The maximum atomic E-state index is 11.9. The summed E-state index contributed by atoms with van der Waals surface area (Å²) in [5, 5.41) is 31.7. The second-order valence-electron chi connectivity index (χ2n) is 6.34. The maximum absolute atomic E-state index is 11.9. The first-order chi connectivity index (χ1) is 13.2. The summed E-state index contributed by atoms with van der Waals surface area (Å²) in [7, 11) is 0. The molecule has 0 aromatic rings. The van der Waals surface area contributed by atoms with Crippen molar-refractivity contribution in [3.63, 3.8) is 0 Å². The topological polar surface area (TPSA) is 154 Å². The lowest BCUT2D eigenvalue weighted by molar-refractivity contribution is -0.160. The number of carbonyl (C=O) groups excluding carboxylic acids is 3. The molecule has 0 spiro atoms. The lowest BCUT2D eigenvalue weighted by Gasteiger charge is -2.22. The van der Waals surface area contributed by atoms with Crippen LogP contribution >= 0.6 is 0 Å². The lowest BCUT2D eigenvalue weighted by atomic mass is 10.1. The molecule has 5 N–H and O–H groups in total. The number of ketones is 1. The maximum Gasteiger partial charge on any atom is 0.323 e. The van der Waals surface area contributed by atoms with Gasteiger partial charge in [0.05, 0.1) is 0 Å². The molecular formula is C16H26N2O8. The highest BCUT2D eigenvalue weighted by Crippen LogP contribution is 2.10. The largest absolute Gasteiger partial charge is 0.462 e. The first-order valence-electron chi connectivity index (χ1n) is 9.53. The molecule has 26 heavy (non-hydrogen) atoms. The van der Waals surface area contributed by atoms with E-state index in [1.54, 1.807) is 0 Å². The number of hydrogen-bond donors (Lipinski definition) is 5. The molecule has 5 atom stereocenters. The van der Waals surface area contributed by atoms with E-state index < -0.39 is 61.3 Å². The quantitative estimate of drug-likeness (QED) is 0.267. The predicted octanol–water partition coefficient (Wildman–Crippen LogP) is -2.77. The van der Waals surface area contributed by atoms with E-state index in [4.69, 9.17) is 12.3 Å². The number of Topliss-reactive ketones (excluding diaryl/α,β-unsaturated/α-hetero) is 1. The Morgan fingerprint density at radius 1 is 1.00 bits per heavy atom. The van der Waals surface area contributed by atoms with Crippen LogP contribution in [0, 0.1) is 0 Å². The van der Waals surface area contributed by atoms with Gasteiger partial charge in [-0.2, -0.15) is 0 Å². The van der Waals surface area contributed by atoms with Gasteiger partial charge in [0.15, 0.2) is 6.61 Å². The fraction of sp³-hybridized carbons (Fsp3) is 0.812. The Morgan fingerprint density at radius 3 is 2.04 bits per heavy atom. The van der Waals surface area contributed by atoms with Gasteiger partial charge in [0, 0.05) is 0 Å². The molecule has 0 bridgehead atoms. The Hall–Kier alpha value is -1.59. The molecule has 2 rings (SSSR count). The smallest absolute Gasteiger partial charge is 0.323 e. The van der Waals surface area contributed by atoms with Crippen molar-refractivity contribution in [2.75, 3.05) is 26.3 Å². The zero-order valence-corrected chi connectivity index (χ0v) is 14.3. The Kier molecular flexibility index (Phi) is 6.80. The predicted molar refractivity (Wildman–Crippen MR) is 87.0 cm³/mol. The van der Waals surface area contributed by atoms with Gasteiger partial charge in [-0.1, -0.05) is 0 Å². The molecule has 10 nitrogen and oxygen atoms in total. The fourth-order valence-electron chi connectivity index (χ4n) is 2.72. The first-order valence-corrected chi connectivity index (χ1v) is 8.63. The van der Waals surface area contributed by atoms with Gasteiger partial charge in [-0.15, -0.1) is 0 Å². The lowest BCUT2D eigenvalue weighted by Crippen LogP contribution is -2.47. The third kappa shape index (κ3) is 5.71. The Bertz CT molecular complexity index is 581. The molecule has 148 valence electrons. The first kappa shape index (κ1) is 17.8. The van der Waals surface area contributed by atoms with Gasteiger partial charge >= 0.3 is 11.9 Å². The molecule has 0 radical (unpaired) electrons. The average molecular weight is 376 g/mol. The summed E-state index contributed by atoms with van der Waals surface area (Å²) in [4.78, 5) is 35.5. The highest BCUT2D eigenvalue weighted by Gasteiger charge is 2.33. The van der Waals surface area contributed by atoms with E-state index in [2.05, 4.69) is 0 Å². The summed E-state index contributed by atoms with van der Waals surface area (Å²) < 4.78 is 24.7. The highest BCUT2D eigenvalue weighted by atomic mass is 16.5. The van der Waals surface area contributed by atoms with Crippen molar-refractivity contribution in [1.82, 2.24) is 10.6 Å². The fourth-order valence-corrected chi connectivity index (χ4v) is 2.72.